The number of rotatable bonds is 4. The van der Waals surface area contributed by atoms with Gasteiger partial charge in [0.05, 0.1) is 0 Å². The number of aryl methyl sites for hydroxylation is 1. The van der Waals surface area contributed by atoms with Crippen molar-refractivity contribution in [1.29, 1.82) is 0 Å². The molecule has 0 amide bonds. The van der Waals surface area contributed by atoms with Crippen molar-refractivity contribution in [2.45, 2.75) is 18.4 Å². The van der Waals surface area contributed by atoms with E-state index in [0.29, 0.717) is 0 Å². The summed E-state index contributed by atoms with van der Waals surface area (Å²) in [5, 5.41) is 0. The number of aromatic nitrogens is 1. The smallest absolute Gasteiger partial charge is 0.242 e. The van der Waals surface area contributed by atoms with Gasteiger partial charge in [-0.25, -0.2) is 13.1 Å². The van der Waals surface area contributed by atoms with Gasteiger partial charge in [-0.3, -0.25) is 4.98 Å². The fourth-order valence-corrected chi connectivity index (χ4v) is 2.54. The highest BCUT2D eigenvalue weighted by Gasteiger charge is 2.13. The zero-order valence-electron chi connectivity index (χ0n) is 10.00. The minimum absolute atomic E-state index is 0.179. The third kappa shape index (κ3) is 2.94. The molecule has 0 bridgehead atoms. The summed E-state index contributed by atoms with van der Waals surface area (Å²) in [6, 6.07) is 10.8. The van der Waals surface area contributed by atoms with Gasteiger partial charge >= 0.3 is 0 Å². The van der Waals surface area contributed by atoms with Crippen LogP contribution in [0.4, 0.5) is 0 Å². The van der Waals surface area contributed by atoms with Crippen molar-refractivity contribution in [2.75, 3.05) is 0 Å². The van der Waals surface area contributed by atoms with Crippen LogP contribution in [0.3, 0.4) is 0 Å². The van der Waals surface area contributed by atoms with Crippen molar-refractivity contribution < 1.29 is 8.42 Å². The molecular weight excluding hydrogens is 248 g/mol. The minimum Gasteiger partial charge on any atom is -0.263 e. The molecule has 0 aliphatic rings. The van der Waals surface area contributed by atoms with Crippen molar-refractivity contribution in [1.82, 2.24) is 9.71 Å². The van der Waals surface area contributed by atoms with Crippen LogP contribution in [0.1, 0.15) is 11.1 Å². The lowest BCUT2D eigenvalue weighted by Gasteiger charge is -2.08. The van der Waals surface area contributed by atoms with Crippen LogP contribution in [-0.2, 0) is 16.6 Å². The van der Waals surface area contributed by atoms with Crippen molar-refractivity contribution in [3.05, 3.63) is 59.9 Å². The molecule has 0 saturated carbocycles. The predicted molar refractivity (Wildman–Crippen MR) is 69.4 cm³/mol. The average molecular weight is 262 g/mol. The van der Waals surface area contributed by atoms with E-state index in [0.717, 1.165) is 11.1 Å². The number of hydrogen-bond acceptors (Lipinski definition) is 3. The van der Waals surface area contributed by atoms with Crippen LogP contribution in [0.5, 0.6) is 0 Å². The van der Waals surface area contributed by atoms with E-state index in [2.05, 4.69) is 9.71 Å². The highest BCUT2D eigenvalue weighted by Crippen LogP contribution is 2.10. The van der Waals surface area contributed by atoms with Crippen molar-refractivity contribution in [3.8, 4) is 0 Å². The highest BCUT2D eigenvalue weighted by atomic mass is 32.2. The maximum Gasteiger partial charge on any atom is 0.242 e. The zero-order chi connectivity index (χ0) is 13.0. The molecule has 0 saturated heterocycles. The van der Waals surface area contributed by atoms with Crippen molar-refractivity contribution in [2.24, 2.45) is 0 Å². The van der Waals surface area contributed by atoms with Gasteiger partial charge in [0.15, 0.2) is 0 Å². The summed E-state index contributed by atoms with van der Waals surface area (Å²) < 4.78 is 26.5. The van der Waals surface area contributed by atoms with Crippen LogP contribution in [0, 0.1) is 6.92 Å². The molecule has 4 nitrogen and oxygen atoms in total. The molecule has 0 spiro atoms. The largest absolute Gasteiger partial charge is 0.263 e. The Balaban J connectivity index is 2.14. The SMILES string of the molecule is Cc1ccccc1CNS(=O)(=O)c1cccnc1. The molecule has 1 heterocycles. The van der Waals surface area contributed by atoms with Gasteiger partial charge in [-0.2, -0.15) is 0 Å². The molecule has 18 heavy (non-hydrogen) atoms. The molecule has 2 rings (SSSR count). The number of benzene rings is 1. The first-order valence-electron chi connectivity index (χ1n) is 5.54. The molecule has 5 heteroatoms. The molecule has 1 N–H and O–H groups in total. The van der Waals surface area contributed by atoms with E-state index in [1.54, 1.807) is 12.3 Å². The number of nitrogens with one attached hydrogen (secondary N) is 1. The first-order chi connectivity index (χ1) is 8.59. The molecule has 0 aliphatic carbocycles. The van der Waals surface area contributed by atoms with E-state index >= 15 is 0 Å². The van der Waals surface area contributed by atoms with E-state index in [4.69, 9.17) is 0 Å². The van der Waals surface area contributed by atoms with E-state index in [9.17, 15) is 8.42 Å². The molecule has 94 valence electrons. The third-order valence-corrected chi connectivity index (χ3v) is 4.05. The van der Waals surface area contributed by atoms with E-state index in [1.807, 2.05) is 31.2 Å². The van der Waals surface area contributed by atoms with Gasteiger partial charge in [0.25, 0.3) is 0 Å². The minimum atomic E-state index is -3.49. The normalized spacial score (nSPS) is 11.4. The number of nitrogens with zero attached hydrogens (tertiary/aromatic N) is 1. The molecule has 1 aromatic heterocycles. The molecule has 0 atom stereocenters. The topological polar surface area (TPSA) is 59.1 Å². The summed E-state index contributed by atoms with van der Waals surface area (Å²) in [5.74, 6) is 0. The number of pyridine rings is 1. The Morgan fingerprint density at radius 3 is 2.61 bits per heavy atom. The van der Waals surface area contributed by atoms with E-state index < -0.39 is 10.0 Å². The quantitative estimate of drug-likeness (QED) is 0.915. The van der Waals surface area contributed by atoms with Crippen LogP contribution < -0.4 is 4.72 Å². The third-order valence-electron chi connectivity index (χ3n) is 2.66. The first kappa shape index (κ1) is 12.7. The summed E-state index contributed by atoms with van der Waals surface area (Å²) in [5.41, 5.74) is 2.02. The van der Waals surface area contributed by atoms with Crippen LogP contribution in [0.15, 0.2) is 53.7 Å². The highest BCUT2D eigenvalue weighted by molar-refractivity contribution is 7.89. The van der Waals surface area contributed by atoms with Crippen LogP contribution in [0.25, 0.3) is 0 Å². The van der Waals surface area contributed by atoms with Gasteiger partial charge in [0.1, 0.15) is 4.90 Å². The molecular formula is C13H14N2O2S. The van der Waals surface area contributed by atoms with Gasteiger partial charge in [-0.15, -0.1) is 0 Å². The van der Waals surface area contributed by atoms with Gasteiger partial charge < -0.3 is 0 Å². The maximum absolute atomic E-state index is 12.0. The summed E-state index contributed by atoms with van der Waals surface area (Å²) in [6.45, 7) is 2.23. The maximum atomic E-state index is 12.0. The fourth-order valence-electron chi connectivity index (χ4n) is 1.57. The summed E-state index contributed by atoms with van der Waals surface area (Å²) in [6.07, 6.45) is 2.88. The summed E-state index contributed by atoms with van der Waals surface area (Å²) in [7, 11) is -3.49. The molecule has 0 unspecified atom stereocenters. The van der Waals surface area contributed by atoms with E-state index in [-0.39, 0.29) is 11.4 Å². The van der Waals surface area contributed by atoms with Crippen LogP contribution in [-0.4, -0.2) is 13.4 Å². The Labute approximate surface area is 107 Å². The van der Waals surface area contributed by atoms with Gasteiger partial charge in [-0.05, 0) is 30.2 Å². The van der Waals surface area contributed by atoms with Gasteiger partial charge in [0, 0.05) is 18.9 Å². The van der Waals surface area contributed by atoms with E-state index in [1.165, 1.54) is 12.3 Å². The first-order valence-corrected chi connectivity index (χ1v) is 7.02. The number of hydrogen-bond donors (Lipinski definition) is 1. The summed E-state index contributed by atoms with van der Waals surface area (Å²) in [4.78, 5) is 3.98. The van der Waals surface area contributed by atoms with Crippen molar-refractivity contribution >= 4 is 10.0 Å². The standard InChI is InChI=1S/C13H14N2O2S/c1-11-5-2-3-6-12(11)9-15-18(16,17)13-7-4-8-14-10-13/h2-8,10,15H,9H2,1H3. The Hall–Kier alpha value is -1.72. The lowest BCUT2D eigenvalue weighted by atomic mass is 10.1. The van der Waals surface area contributed by atoms with Gasteiger partial charge in [0.2, 0.25) is 10.0 Å². The zero-order valence-corrected chi connectivity index (χ0v) is 10.8. The Kier molecular flexibility index (Phi) is 3.74. The van der Waals surface area contributed by atoms with Gasteiger partial charge in [-0.1, -0.05) is 24.3 Å². The Morgan fingerprint density at radius 2 is 1.94 bits per heavy atom. The summed E-state index contributed by atoms with van der Waals surface area (Å²) >= 11 is 0. The lowest BCUT2D eigenvalue weighted by Crippen LogP contribution is -2.23. The lowest BCUT2D eigenvalue weighted by molar-refractivity contribution is 0.581. The fraction of sp³-hybridized carbons (Fsp3) is 0.154. The molecule has 1 aromatic carbocycles. The van der Waals surface area contributed by atoms with Crippen LogP contribution >= 0.6 is 0 Å². The Morgan fingerprint density at radius 1 is 1.17 bits per heavy atom. The molecule has 0 radical (unpaired) electrons. The average Bonchev–Trinajstić information content (AvgIpc) is 2.39. The molecule has 2 aromatic rings. The number of sulfonamides is 1. The van der Waals surface area contributed by atoms with Crippen molar-refractivity contribution in [3.63, 3.8) is 0 Å². The second-order valence-electron chi connectivity index (χ2n) is 3.94. The molecule has 0 aliphatic heterocycles. The monoisotopic (exact) mass is 262 g/mol. The second kappa shape index (κ2) is 5.29. The Bertz CT molecular complexity index is 624. The second-order valence-corrected chi connectivity index (χ2v) is 5.71. The molecule has 0 fully saturated rings. The van der Waals surface area contributed by atoms with Crippen LogP contribution in [0.2, 0.25) is 0 Å². The predicted octanol–water partition coefficient (Wildman–Crippen LogP) is 1.87.